The van der Waals surface area contributed by atoms with Gasteiger partial charge in [-0.1, -0.05) is 42.0 Å². The van der Waals surface area contributed by atoms with E-state index in [-0.39, 0.29) is 11.8 Å². The first-order valence-corrected chi connectivity index (χ1v) is 10.5. The number of nitrogens with zero attached hydrogens (tertiary/aromatic N) is 4. The predicted molar refractivity (Wildman–Crippen MR) is 123 cm³/mol. The number of aryl methyl sites for hydroxylation is 1. The van der Waals surface area contributed by atoms with Gasteiger partial charge in [-0.3, -0.25) is 4.79 Å². The topological polar surface area (TPSA) is 58.6 Å². The smallest absolute Gasteiger partial charge is 0.257 e. The molecule has 160 valence electrons. The number of benzene rings is 2. The molecule has 0 aliphatic carbocycles. The predicted octanol–water partition coefficient (Wildman–Crippen LogP) is 4.16. The maximum absolute atomic E-state index is 13.1. The Labute approximate surface area is 183 Å². The summed E-state index contributed by atoms with van der Waals surface area (Å²) >= 11 is 0. The fraction of sp³-hybridized carbons (Fsp3) is 0.320. The van der Waals surface area contributed by atoms with E-state index in [0.29, 0.717) is 30.4 Å². The maximum atomic E-state index is 13.1. The molecule has 0 radical (unpaired) electrons. The van der Waals surface area contributed by atoms with Crippen molar-refractivity contribution in [3.63, 3.8) is 0 Å². The molecule has 2 aromatic carbocycles. The molecule has 1 aliphatic rings. The van der Waals surface area contributed by atoms with Gasteiger partial charge in [0.2, 0.25) is 5.95 Å². The third-order valence-corrected chi connectivity index (χ3v) is 5.71. The molecule has 0 saturated carbocycles. The molecule has 1 unspecified atom stereocenters. The van der Waals surface area contributed by atoms with E-state index in [9.17, 15) is 4.79 Å². The van der Waals surface area contributed by atoms with Gasteiger partial charge in [-0.25, -0.2) is 9.97 Å². The summed E-state index contributed by atoms with van der Waals surface area (Å²) in [4.78, 5) is 26.5. The van der Waals surface area contributed by atoms with Gasteiger partial charge in [-0.05, 0) is 31.5 Å². The SMILES string of the molecule is COc1ccccc1C(=O)N1CCC(c2cc(-c3ccc(C)cc3)nc(N(C)C)n2)C1. The Morgan fingerprint density at radius 3 is 2.55 bits per heavy atom. The van der Waals surface area contributed by atoms with Crippen LogP contribution in [0.1, 0.15) is 34.0 Å². The first kappa shape index (κ1) is 20.8. The Morgan fingerprint density at radius 2 is 1.84 bits per heavy atom. The van der Waals surface area contributed by atoms with E-state index < -0.39 is 0 Å². The molecular formula is C25H28N4O2. The standard InChI is InChI=1S/C25H28N4O2/c1-17-9-11-18(12-10-17)21-15-22(27-25(26-21)28(2)3)19-13-14-29(16-19)24(30)20-7-5-6-8-23(20)31-4/h5-12,15,19H,13-14,16H2,1-4H3. The molecule has 6 heteroatoms. The summed E-state index contributed by atoms with van der Waals surface area (Å²) in [5.41, 5.74) is 4.76. The molecule has 0 N–H and O–H groups in total. The quantitative estimate of drug-likeness (QED) is 0.625. The van der Waals surface area contributed by atoms with Gasteiger partial charge in [0.15, 0.2) is 0 Å². The molecule has 1 amide bonds. The van der Waals surface area contributed by atoms with E-state index >= 15 is 0 Å². The minimum atomic E-state index is 0.000553. The summed E-state index contributed by atoms with van der Waals surface area (Å²) < 4.78 is 5.38. The van der Waals surface area contributed by atoms with Crippen molar-refractivity contribution in [1.29, 1.82) is 0 Å². The van der Waals surface area contributed by atoms with Crippen LogP contribution in [0.3, 0.4) is 0 Å². The number of carbonyl (C=O) groups excluding carboxylic acids is 1. The zero-order valence-electron chi connectivity index (χ0n) is 18.5. The van der Waals surface area contributed by atoms with Crippen LogP contribution in [-0.2, 0) is 0 Å². The summed E-state index contributed by atoms with van der Waals surface area (Å²) in [6.45, 7) is 3.41. The molecule has 31 heavy (non-hydrogen) atoms. The van der Waals surface area contributed by atoms with Crippen LogP contribution in [0.15, 0.2) is 54.6 Å². The molecule has 3 aromatic rings. The first-order chi connectivity index (χ1) is 15.0. The monoisotopic (exact) mass is 416 g/mol. The number of amides is 1. The van der Waals surface area contributed by atoms with Crippen molar-refractivity contribution < 1.29 is 9.53 Å². The normalized spacial score (nSPS) is 15.7. The molecule has 0 bridgehead atoms. The number of rotatable bonds is 5. The largest absolute Gasteiger partial charge is 0.496 e. The summed E-state index contributed by atoms with van der Waals surface area (Å²) in [7, 11) is 5.49. The van der Waals surface area contributed by atoms with Gasteiger partial charge in [0.1, 0.15) is 5.75 Å². The lowest BCUT2D eigenvalue weighted by molar-refractivity contribution is 0.0787. The Morgan fingerprint density at radius 1 is 1.10 bits per heavy atom. The maximum Gasteiger partial charge on any atom is 0.257 e. The van der Waals surface area contributed by atoms with Crippen molar-refractivity contribution in [2.24, 2.45) is 0 Å². The highest BCUT2D eigenvalue weighted by molar-refractivity contribution is 5.97. The van der Waals surface area contributed by atoms with E-state index in [4.69, 9.17) is 14.7 Å². The molecule has 1 aliphatic heterocycles. The van der Waals surface area contributed by atoms with Gasteiger partial charge in [-0.15, -0.1) is 0 Å². The third kappa shape index (κ3) is 4.38. The minimum Gasteiger partial charge on any atom is -0.496 e. The van der Waals surface area contributed by atoms with Crippen LogP contribution >= 0.6 is 0 Å². The van der Waals surface area contributed by atoms with Gasteiger partial charge in [0.25, 0.3) is 5.91 Å². The van der Waals surface area contributed by atoms with Crippen LogP contribution in [-0.4, -0.2) is 55.1 Å². The number of aromatic nitrogens is 2. The highest BCUT2D eigenvalue weighted by Gasteiger charge is 2.30. The van der Waals surface area contributed by atoms with E-state index in [1.54, 1.807) is 7.11 Å². The van der Waals surface area contributed by atoms with Crippen molar-refractivity contribution in [3.8, 4) is 17.0 Å². The van der Waals surface area contributed by atoms with E-state index in [1.807, 2.05) is 48.2 Å². The summed E-state index contributed by atoms with van der Waals surface area (Å²) in [5, 5.41) is 0. The lowest BCUT2D eigenvalue weighted by atomic mass is 10.0. The fourth-order valence-electron chi connectivity index (χ4n) is 3.91. The molecule has 6 nitrogen and oxygen atoms in total. The number of anilines is 1. The van der Waals surface area contributed by atoms with Crippen molar-refractivity contribution >= 4 is 11.9 Å². The van der Waals surface area contributed by atoms with Crippen molar-refractivity contribution in [2.75, 3.05) is 39.2 Å². The van der Waals surface area contributed by atoms with Crippen LogP contribution in [0.5, 0.6) is 5.75 Å². The Bertz CT molecular complexity index is 1080. The molecule has 4 rings (SSSR count). The van der Waals surface area contributed by atoms with Gasteiger partial charge < -0.3 is 14.5 Å². The van der Waals surface area contributed by atoms with E-state index in [1.165, 1.54) is 5.56 Å². The van der Waals surface area contributed by atoms with Crippen molar-refractivity contribution in [3.05, 3.63) is 71.4 Å². The number of carbonyl (C=O) groups is 1. The van der Waals surface area contributed by atoms with Gasteiger partial charge >= 0.3 is 0 Å². The highest BCUT2D eigenvalue weighted by Crippen LogP contribution is 2.31. The summed E-state index contributed by atoms with van der Waals surface area (Å²) in [6, 6.07) is 17.8. The Balaban J connectivity index is 1.61. The average molecular weight is 417 g/mol. The second kappa shape index (κ2) is 8.76. The van der Waals surface area contributed by atoms with E-state index in [0.717, 1.165) is 23.4 Å². The Hall–Kier alpha value is -3.41. The fourth-order valence-corrected chi connectivity index (χ4v) is 3.91. The number of para-hydroxylation sites is 1. The summed E-state index contributed by atoms with van der Waals surface area (Å²) in [6.07, 6.45) is 0.873. The number of hydrogen-bond donors (Lipinski definition) is 0. The second-order valence-electron chi connectivity index (χ2n) is 8.18. The summed E-state index contributed by atoms with van der Waals surface area (Å²) in [5.74, 6) is 1.46. The van der Waals surface area contributed by atoms with Gasteiger partial charge in [0, 0.05) is 38.7 Å². The van der Waals surface area contributed by atoms with Crippen molar-refractivity contribution in [2.45, 2.75) is 19.3 Å². The zero-order chi connectivity index (χ0) is 22.0. The van der Waals surface area contributed by atoms with Gasteiger partial charge in [0.05, 0.1) is 24.1 Å². The van der Waals surface area contributed by atoms with Crippen LogP contribution in [0, 0.1) is 6.92 Å². The molecule has 1 aromatic heterocycles. The molecule has 1 fully saturated rings. The van der Waals surface area contributed by atoms with Crippen LogP contribution in [0.2, 0.25) is 0 Å². The number of ether oxygens (including phenoxy) is 1. The Kier molecular flexibility index (Phi) is 5.89. The van der Waals surface area contributed by atoms with Crippen LogP contribution < -0.4 is 9.64 Å². The first-order valence-electron chi connectivity index (χ1n) is 10.5. The van der Waals surface area contributed by atoms with E-state index in [2.05, 4.69) is 37.3 Å². The molecule has 1 atom stereocenters. The second-order valence-corrected chi connectivity index (χ2v) is 8.18. The van der Waals surface area contributed by atoms with Crippen LogP contribution in [0.25, 0.3) is 11.3 Å². The highest BCUT2D eigenvalue weighted by atomic mass is 16.5. The number of methoxy groups -OCH3 is 1. The molecular weight excluding hydrogens is 388 g/mol. The molecule has 2 heterocycles. The number of likely N-dealkylation sites (tertiary alicyclic amines) is 1. The van der Waals surface area contributed by atoms with Gasteiger partial charge in [-0.2, -0.15) is 0 Å². The lowest BCUT2D eigenvalue weighted by Crippen LogP contribution is -2.29. The van der Waals surface area contributed by atoms with Crippen LogP contribution in [0.4, 0.5) is 5.95 Å². The minimum absolute atomic E-state index is 0.000553. The molecule has 0 spiro atoms. The third-order valence-electron chi connectivity index (χ3n) is 5.71. The number of hydrogen-bond acceptors (Lipinski definition) is 5. The van der Waals surface area contributed by atoms with Crippen molar-refractivity contribution in [1.82, 2.24) is 14.9 Å². The molecule has 1 saturated heterocycles. The average Bonchev–Trinajstić information content (AvgIpc) is 3.29. The lowest BCUT2D eigenvalue weighted by Gasteiger charge is -2.19. The zero-order valence-corrected chi connectivity index (χ0v) is 18.5.